The summed E-state index contributed by atoms with van der Waals surface area (Å²) in [5.74, 6) is -1.29. The van der Waals surface area contributed by atoms with Gasteiger partial charge in [0.25, 0.3) is 11.8 Å². The first kappa shape index (κ1) is 24.3. The number of anilines is 1. The molecule has 0 spiro atoms. The molecule has 0 fully saturated rings. The molecule has 4 rings (SSSR count). The fraction of sp³-hybridized carbons (Fsp3) is 0.273. The number of alkyl halides is 3. The Labute approximate surface area is 202 Å². The van der Waals surface area contributed by atoms with Gasteiger partial charge in [-0.3, -0.25) is 9.59 Å². The number of nitrogens with zero attached hydrogens (tertiary/aromatic N) is 3. The van der Waals surface area contributed by atoms with Crippen LogP contribution in [0.4, 0.5) is 18.9 Å². The number of halogens is 4. The van der Waals surface area contributed by atoms with Crippen LogP contribution in [0.3, 0.4) is 0 Å². The Bertz CT molecular complexity index is 1320. The smallest absolute Gasteiger partial charge is 0.435 e. The van der Waals surface area contributed by atoms with E-state index in [1.807, 2.05) is 0 Å². The van der Waals surface area contributed by atoms with Crippen LogP contribution in [-0.4, -0.2) is 39.4 Å². The number of hydrogen-bond donors (Lipinski definition) is 2. The Morgan fingerprint density at radius 1 is 1.20 bits per heavy atom. The highest BCUT2D eigenvalue weighted by atomic mass is 35.5. The molecule has 9 nitrogen and oxygen atoms in total. The van der Waals surface area contributed by atoms with Gasteiger partial charge < -0.3 is 20.1 Å². The lowest BCUT2D eigenvalue weighted by Crippen LogP contribution is -2.31. The molecule has 0 radical (unpaired) electrons. The largest absolute Gasteiger partial charge is 0.454 e. The fourth-order valence-corrected chi connectivity index (χ4v) is 3.64. The predicted molar refractivity (Wildman–Crippen MR) is 119 cm³/mol. The highest BCUT2D eigenvalue weighted by Gasteiger charge is 2.37. The highest BCUT2D eigenvalue weighted by molar-refractivity contribution is 6.32. The molecule has 3 heterocycles. The van der Waals surface area contributed by atoms with Crippen molar-refractivity contribution in [2.45, 2.75) is 33.0 Å². The Balaban J connectivity index is 1.82. The number of aryl methyl sites for hydroxylation is 1. The van der Waals surface area contributed by atoms with Gasteiger partial charge in [-0.05, 0) is 44.5 Å². The van der Waals surface area contributed by atoms with Crippen LogP contribution in [-0.2, 0) is 6.18 Å². The molecule has 3 aromatic rings. The average molecular weight is 510 g/mol. The molecule has 35 heavy (non-hydrogen) atoms. The van der Waals surface area contributed by atoms with Crippen molar-refractivity contribution in [3.63, 3.8) is 0 Å². The average Bonchev–Trinajstić information content (AvgIpc) is 3.41. The van der Waals surface area contributed by atoms with E-state index in [2.05, 4.69) is 20.7 Å². The number of ether oxygens (including phenoxy) is 2. The summed E-state index contributed by atoms with van der Waals surface area (Å²) in [4.78, 5) is 30.2. The number of nitrogens with one attached hydrogen (secondary N) is 2. The number of pyridine rings is 1. The first-order valence-electron chi connectivity index (χ1n) is 10.3. The van der Waals surface area contributed by atoms with Gasteiger partial charge in [0, 0.05) is 18.3 Å². The van der Waals surface area contributed by atoms with Crippen LogP contribution < -0.4 is 20.1 Å². The molecule has 13 heteroatoms. The second-order valence-corrected chi connectivity index (χ2v) is 8.30. The summed E-state index contributed by atoms with van der Waals surface area (Å²) in [6, 6.07) is 4.77. The number of carbonyl (C=O) groups excluding carboxylic acids is 2. The third kappa shape index (κ3) is 4.74. The Morgan fingerprint density at radius 2 is 1.94 bits per heavy atom. The van der Waals surface area contributed by atoms with Crippen molar-refractivity contribution in [3.8, 4) is 17.3 Å². The van der Waals surface area contributed by atoms with Crippen LogP contribution in [0.25, 0.3) is 5.82 Å². The minimum Gasteiger partial charge on any atom is -0.454 e. The summed E-state index contributed by atoms with van der Waals surface area (Å²) >= 11 is 6.10. The summed E-state index contributed by atoms with van der Waals surface area (Å²) in [6.07, 6.45) is -3.54. The normalized spacial score (nSPS) is 12.7. The van der Waals surface area contributed by atoms with E-state index in [-0.39, 0.29) is 40.7 Å². The monoisotopic (exact) mass is 509 g/mol. The molecule has 2 amide bonds. The molecule has 1 aromatic carbocycles. The number of hydrogen-bond acceptors (Lipinski definition) is 6. The van der Waals surface area contributed by atoms with E-state index in [4.69, 9.17) is 21.1 Å². The third-order valence-corrected chi connectivity index (χ3v) is 5.21. The first-order chi connectivity index (χ1) is 16.5. The standard InChI is InChI=1S/C22H19ClF3N5O4/c1-10(2)28-21(33)16-17(11(3)7-14-18(16)35-9-34-14)29-20(32)13-8-15(22(24,25)26)30-31(13)19-12(23)5-4-6-27-19/h4-8,10H,9H2,1-3H3,(H,28,33)(H,29,32). The maximum absolute atomic E-state index is 13.4. The first-order valence-corrected chi connectivity index (χ1v) is 10.7. The van der Waals surface area contributed by atoms with Gasteiger partial charge >= 0.3 is 6.18 Å². The molecule has 0 unspecified atom stereocenters. The fourth-order valence-electron chi connectivity index (χ4n) is 3.44. The lowest BCUT2D eigenvalue weighted by Gasteiger charge is -2.17. The van der Waals surface area contributed by atoms with E-state index in [1.54, 1.807) is 26.8 Å². The van der Waals surface area contributed by atoms with Gasteiger partial charge in [-0.25, -0.2) is 9.67 Å². The van der Waals surface area contributed by atoms with E-state index in [9.17, 15) is 22.8 Å². The minimum atomic E-state index is -4.83. The summed E-state index contributed by atoms with van der Waals surface area (Å²) in [5, 5.41) is 8.75. The number of amides is 2. The lowest BCUT2D eigenvalue weighted by molar-refractivity contribution is -0.141. The second kappa shape index (κ2) is 9.10. The molecule has 2 N–H and O–H groups in total. The molecule has 2 aromatic heterocycles. The lowest BCUT2D eigenvalue weighted by atomic mass is 10.0. The topological polar surface area (TPSA) is 107 Å². The van der Waals surface area contributed by atoms with Gasteiger partial charge in [-0.15, -0.1) is 0 Å². The molecule has 0 saturated heterocycles. The Kier molecular flexibility index (Phi) is 6.32. The Hall–Kier alpha value is -3.80. The zero-order chi connectivity index (χ0) is 25.5. The van der Waals surface area contributed by atoms with Crippen LogP contribution in [0, 0.1) is 6.92 Å². The van der Waals surface area contributed by atoms with Crippen molar-refractivity contribution in [2.24, 2.45) is 0 Å². The number of benzene rings is 1. The molecular formula is C22H19ClF3N5O4. The molecule has 1 aliphatic rings. The van der Waals surface area contributed by atoms with Crippen molar-refractivity contribution < 1.29 is 32.2 Å². The molecule has 0 saturated carbocycles. The summed E-state index contributed by atoms with van der Waals surface area (Å²) in [5.41, 5.74) is -1.35. The molecule has 184 valence electrons. The quantitative estimate of drug-likeness (QED) is 0.529. The number of rotatable bonds is 5. The zero-order valence-corrected chi connectivity index (χ0v) is 19.4. The van der Waals surface area contributed by atoms with Gasteiger partial charge in [-0.2, -0.15) is 18.3 Å². The van der Waals surface area contributed by atoms with Gasteiger partial charge in [0.05, 0.1) is 10.7 Å². The van der Waals surface area contributed by atoms with Gasteiger partial charge in [-0.1, -0.05) is 11.6 Å². The molecule has 0 bridgehead atoms. The van der Waals surface area contributed by atoms with Crippen LogP contribution in [0.5, 0.6) is 11.5 Å². The number of aromatic nitrogens is 3. The minimum absolute atomic E-state index is 0.0162. The molecule has 0 aliphatic carbocycles. The maximum atomic E-state index is 13.4. The number of carbonyl (C=O) groups is 2. The van der Waals surface area contributed by atoms with E-state index in [0.717, 1.165) is 0 Å². The Morgan fingerprint density at radius 3 is 2.60 bits per heavy atom. The van der Waals surface area contributed by atoms with Gasteiger partial charge in [0.2, 0.25) is 6.79 Å². The molecule has 0 atom stereocenters. The summed E-state index contributed by atoms with van der Waals surface area (Å²) in [7, 11) is 0. The second-order valence-electron chi connectivity index (χ2n) is 7.89. The van der Waals surface area contributed by atoms with Crippen LogP contribution >= 0.6 is 11.6 Å². The van der Waals surface area contributed by atoms with Crippen molar-refractivity contribution in [1.29, 1.82) is 0 Å². The molecular weight excluding hydrogens is 491 g/mol. The van der Waals surface area contributed by atoms with E-state index < -0.39 is 29.4 Å². The summed E-state index contributed by atoms with van der Waals surface area (Å²) in [6.45, 7) is 4.97. The van der Waals surface area contributed by atoms with E-state index >= 15 is 0 Å². The predicted octanol–water partition coefficient (Wildman–Crippen LogP) is 4.37. The van der Waals surface area contributed by atoms with E-state index in [0.29, 0.717) is 22.1 Å². The van der Waals surface area contributed by atoms with Crippen molar-refractivity contribution in [2.75, 3.05) is 12.1 Å². The van der Waals surface area contributed by atoms with Gasteiger partial charge in [0.1, 0.15) is 11.3 Å². The third-order valence-electron chi connectivity index (χ3n) is 4.92. The van der Waals surface area contributed by atoms with E-state index in [1.165, 1.54) is 18.3 Å². The van der Waals surface area contributed by atoms with Crippen molar-refractivity contribution in [3.05, 3.63) is 58.0 Å². The maximum Gasteiger partial charge on any atom is 0.435 e. The molecule has 1 aliphatic heterocycles. The van der Waals surface area contributed by atoms with Crippen LogP contribution in [0.15, 0.2) is 30.5 Å². The van der Waals surface area contributed by atoms with Crippen molar-refractivity contribution >= 4 is 29.1 Å². The highest BCUT2D eigenvalue weighted by Crippen LogP contribution is 2.42. The van der Waals surface area contributed by atoms with Crippen LogP contribution in [0.2, 0.25) is 5.02 Å². The SMILES string of the molecule is Cc1cc2c(c(C(=O)NC(C)C)c1NC(=O)c1cc(C(F)(F)F)nn1-c1ncccc1Cl)OCO2. The van der Waals surface area contributed by atoms with Crippen molar-refractivity contribution in [1.82, 2.24) is 20.1 Å². The zero-order valence-electron chi connectivity index (χ0n) is 18.7. The number of fused-ring (bicyclic) bond motifs is 1. The van der Waals surface area contributed by atoms with Crippen LogP contribution in [0.1, 0.15) is 46.0 Å². The summed E-state index contributed by atoms with van der Waals surface area (Å²) < 4.78 is 51.9. The van der Waals surface area contributed by atoms with Gasteiger partial charge in [0.15, 0.2) is 23.0 Å².